The third kappa shape index (κ3) is 5.89. The standard InChI is InChI=1S/C12H20N4O3/c1-9(11(17)18)3-4-14-12(19)15-10(2)7-16-6-5-13-8-16/h5-6,8-10H,3-4,7H2,1-2H3,(H,17,18)(H2,14,15,19). The van der Waals surface area contributed by atoms with Crippen LogP contribution in [-0.2, 0) is 11.3 Å². The van der Waals surface area contributed by atoms with Crippen LogP contribution in [-0.4, -0.2) is 39.2 Å². The summed E-state index contributed by atoms with van der Waals surface area (Å²) in [6.07, 6.45) is 5.61. The molecule has 0 radical (unpaired) electrons. The summed E-state index contributed by atoms with van der Waals surface area (Å²) in [5, 5.41) is 14.1. The van der Waals surface area contributed by atoms with Crippen molar-refractivity contribution < 1.29 is 14.7 Å². The largest absolute Gasteiger partial charge is 0.481 e. The van der Waals surface area contributed by atoms with Gasteiger partial charge in [0.25, 0.3) is 0 Å². The van der Waals surface area contributed by atoms with Gasteiger partial charge in [0.2, 0.25) is 0 Å². The molecule has 0 bridgehead atoms. The van der Waals surface area contributed by atoms with Crippen LogP contribution in [0.5, 0.6) is 0 Å². The second-order valence-electron chi connectivity index (χ2n) is 4.59. The van der Waals surface area contributed by atoms with Gasteiger partial charge in [-0.3, -0.25) is 4.79 Å². The summed E-state index contributed by atoms with van der Waals surface area (Å²) in [5.41, 5.74) is 0. The number of carboxylic acids is 1. The SMILES string of the molecule is CC(Cn1ccnc1)NC(=O)NCCC(C)C(=O)O. The van der Waals surface area contributed by atoms with Gasteiger partial charge in [0, 0.05) is 31.5 Å². The summed E-state index contributed by atoms with van der Waals surface area (Å²) in [4.78, 5) is 26.1. The monoisotopic (exact) mass is 268 g/mol. The number of urea groups is 1. The highest BCUT2D eigenvalue weighted by Crippen LogP contribution is 1.99. The van der Waals surface area contributed by atoms with Crippen molar-refractivity contribution in [2.75, 3.05) is 6.54 Å². The average molecular weight is 268 g/mol. The quantitative estimate of drug-likeness (QED) is 0.677. The summed E-state index contributed by atoms with van der Waals surface area (Å²) in [5.74, 6) is -1.31. The van der Waals surface area contributed by atoms with E-state index < -0.39 is 11.9 Å². The smallest absolute Gasteiger partial charge is 0.315 e. The van der Waals surface area contributed by atoms with E-state index in [-0.39, 0.29) is 12.1 Å². The first-order valence-corrected chi connectivity index (χ1v) is 6.22. The van der Waals surface area contributed by atoms with Crippen molar-refractivity contribution in [1.82, 2.24) is 20.2 Å². The van der Waals surface area contributed by atoms with Crippen LogP contribution in [0.4, 0.5) is 4.79 Å². The molecule has 2 atom stereocenters. The fourth-order valence-corrected chi connectivity index (χ4v) is 1.56. The van der Waals surface area contributed by atoms with Gasteiger partial charge in [0.05, 0.1) is 12.2 Å². The molecule has 1 rings (SSSR count). The molecular formula is C12H20N4O3. The molecule has 0 aliphatic heterocycles. The van der Waals surface area contributed by atoms with Crippen LogP contribution in [0, 0.1) is 5.92 Å². The molecule has 1 aromatic heterocycles. The Kier molecular flexibility index (Phi) is 5.84. The minimum absolute atomic E-state index is 0.0360. The van der Waals surface area contributed by atoms with E-state index in [0.29, 0.717) is 19.5 Å². The number of carbonyl (C=O) groups excluding carboxylic acids is 1. The number of rotatable bonds is 7. The molecule has 19 heavy (non-hydrogen) atoms. The summed E-state index contributed by atoms with van der Waals surface area (Å²) in [7, 11) is 0. The predicted molar refractivity (Wildman–Crippen MR) is 69.6 cm³/mol. The number of aromatic nitrogens is 2. The number of amides is 2. The van der Waals surface area contributed by atoms with Crippen LogP contribution in [0.1, 0.15) is 20.3 Å². The summed E-state index contributed by atoms with van der Waals surface area (Å²) < 4.78 is 1.87. The van der Waals surface area contributed by atoms with E-state index in [4.69, 9.17) is 5.11 Å². The Balaban J connectivity index is 2.18. The Bertz CT molecular complexity index is 405. The van der Waals surface area contributed by atoms with Gasteiger partial charge < -0.3 is 20.3 Å². The predicted octanol–water partition coefficient (Wildman–Crippen LogP) is 0.682. The van der Waals surface area contributed by atoms with Gasteiger partial charge in [-0.25, -0.2) is 9.78 Å². The number of nitrogens with one attached hydrogen (secondary N) is 2. The van der Waals surface area contributed by atoms with E-state index in [1.54, 1.807) is 19.4 Å². The van der Waals surface area contributed by atoms with Crippen LogP contribution >= 0.6 is 0 Å². The number of hydrogen-bond acceptors (Lipinski definition) is 3. The third-order valence-electron chi connectivity index (χ3n) is 2.71. The Hall–Kier alpha value is -2.05. The second-order valence-corrected chi connectivity index (χ2v) is 4.59. The second kappa shape index (κ2) is 7.40. The zero-order valence-corrected chi connectivity index (χ0v) is 11.2. The van der Waals surface area contributed by atoms with Crippen LogP contribution in [0.3, 0.4) is 0 Å². The Morgan fingerprint density at radius 1 is 1.42 bits per heavy atom. The Morgan fingerprint density at radius 3 is 2.74 bits per heavy atom. The first-order chi connectivity index (χ1) is 8.99. The molecule has 7 heteroatoms. The zero-order valence-electron chi connectivity index (χ0n) is 11.2. The minimum Gasteiger partial charge on any atom is -0.481 e. The van der Waals surface area contributed by atoms with Crippen LogP contribution in [0.15, 0.2) is 18.7 Å². The minimum atomic E-state index is -0.851. The lowest BCUT2D eigenvalue weighted by molar-refractivity contribution is -0.141. The fraction of sp³-hybridized carbons (Fsp3) is 0.583. The lowest BCUT2D eigenvalue weighted by Gasteiger charge is -2.15. The topological polar surface area (TPSA) is 96.3 Å². The van der Waals surface area contributed by atoms with Crippen molar-refractivity contribution >= 4 is 12.0 Å². The van der Waals surface area contributed by atoms with Crippen molar-refractivity contribution in [3.05, 3.63) is 18.7 Å². The van der Waals surface area contributed by atoms with Crippen molar-refractivity contribution in [2.24, 2.45) is 5.92 Å². The van der Waals surface area contributed by atoms with Crippen molar-refractivity contribution in [3.8, 4) is 0 Å². The highest BCUT2D eigenvalue weighted by Gasteiger charge is 2.11. The van der Waals surface area contributed by atoms with Gasteiger partial charge in [0.15, 0.2) is 0 Å². The maximum absolute atomic E-state index is 11.5. The molecule has 0 aliphatic carbocycles. The number of carboxylic acid groups (broad SMARTS) is 1. The van der Waals surface area contributed by atoms with Crippen molar-refractivity contribution in [3.63, 3.8) is 0 Å². The zero-order chi connectivity index (χ0) is 14.3. The molecule has 0 aliphatic rings. The fourth-order valence-electron chi connectivity index (χ4n) is 1.56. The van der Waals surface area contributed by atoms with E-state index in [1.165, 1.54) is 0 Å². The van der Waals surface area contributed by atoms with Crippen molar-refractivity contribution in [2.45, 2.75) is 32.9 Å². The van der Waals surface area contributed by atoms with Crippen LogP contribution in [0.2, 0.25) is 0 Å². The van der Waals surface area contributed by atoms with Crippen molar-refractivity contribution in [1.29, 1.82) is 0 Å². The molecule has 3 N–H and O–H groups in total. The molecule has 106 valence electrons. The molecule has 0 fully saturated rings. The Labute approximate surface area is 112 Å². The normalized spacial score (nSPS) is 13.6. The van der Waals surface area contributed by atoms with Gasteiger partial charge in [-0.1, -0.05) is 6.92 Å². The highest BCUT2D eigenvalue weighted by atomic mass is 16.4. The molecule has 0 spiro atoms. The number of carbonyl (C=O) groups is 2. The first kappa shape index (κ1) is 15.0. The molecule has 2 amide bonds. The van der Waals surface area contributed by atoms with Crippen LogP contribution in [0.25, 0.3) is 0 Å². The van der Waals surface area contributed by atoms with Gasteiger partial charge in [-0.05, 0) is 13.3 Å². The van der Waals surface area contributed by atoms with E-state index in [1.807, 2.05) is 17.7 Å². The van der Waals surface area contributed by atoms with Gasteiger partial charge >= 0.3 is 12.0 Å². The molecule has 0 saturated heterocycles. The Morgan fingerprint density at radius 2 is 2.16 bits per heavy atom. The van der Waals surface area contributed by atoms with Gasteiger partial charge in [0.1, 0.15) is 0 Å². The van der Waals surface area contributed by atoms with Gasteiger partial charge in [-0.15, -0.1) is 0 Å². The van der Waals surface area contributed by atoms with E-state index in [9.17, 15) is 9.59 Å². The molecule has 1 aromatic rings. The molecule has 0 saturated carbocycles. The lowest BCUT2D eigenvalue weighted by atomic mass is 10.1. The molecule has 1 heterocycles. The number of nitrogens with zero attached hydrogens (tertiary/aromatic N) is 2. The molecular weight excluding hydrogens is 248 g/mol. The molecule has 7 nitrogen and oxygen atoms in total. The lowest BCUT2D eigenvalue weighted by Crippen LogP contribution is -2.43. The number of aliphatic carboxylic acids is 1. The summed E-state index contributed by atoms with van der Waals surface area (Å²) in [6, 6.07) is -0.323. The summed E-state index contributed by atoms with van der Waals surface area (Å²) in [6.45, 7) is 4.49. The number of hydrogen-bond donors (Lipinski definition) is 3. The van der Waals surface area contributed by atoms with E-state index >= 15 is 0 Å². The van der Waals surface area contributed by atoms with Crippen LogP contribution < -0.4 is 10.6 Å². The molecule has 2 unspecified atom stereocenters. The van der Waals surface area contributed by atoms with E-state index in [0.717, 1.165) is 0 Å². The maximum atomic E-state index is 11.5. The molecule has 0 aromatic carbocycles. The third-order valence-corrected chi connectivity index (χ3v) is 2.71. The highest BCUT2D eigenvalue weighted by molar-refractivity contribution is 5.74. The average Bonchev–Trinajstić information content (AvgIpc) is 2.81. The summed E-state index contributed by atoms with van der Waals surface area (Å²) >= 11 is 0. The first-order valence-electron chi connectivity index (χ1n) is 6.22. The van der Waals surface area contributed by atoms with Gasteiger partial charge in [-0.2, -0.15) is 0 Å². The van der Waals surface area contributed by atoms with E-state index in [2.05, 4.69) is 15.6 Å². The number of imidazole rings is 1. The maximum Gasteiger partial charge on any atom is 0.315 e.